The van der Waals surface area contributed by atoms with Crippen molar-refractivity contribution >= 4 is 7.12 Å². The molecule has 0 spiro atoms. The topological polar surface area (TPSA) is 44.5 Å². The molecule has 0 aromatic heterocycles. The number of nitrogens with two attached hydrogens (primary N) is 1. The van der Waals surface area contributed by atoms with Crippen LogP contribution in [0.2, 0.25) is 0 Å². The lowest BCUT2D eigenvalue weighted by Crippen LogP contribution is -2.41. The molecule has 2 N–H and O–H groups in total. The molecule has 1 aliphatic heterocycles. The monoisotopic (exact) mass is 195 g/mol. The Morgan fingerprint density at radius 2 is 1.50 bits per heavy atom. The summed E-state index contributed by atoms with van der Waals surface area (Å²) in [5, 5.41) is 0. The largest absolute Gasteiger partial charge is 0.487 e. The second-order valence-electron chi connectivity index (χ2n) is 4.39. The summed E-state index contributed by atoms with van der Waals surface area (Å²) in [5.74, 6) is 1.85. The molecule has 1 heterocycles. The molecule has 1 aliphatic rings. The van der Waals surface area contributed by atoms with Crippen molar-refractivity contribution in [3.05, 3.63) is 24.3 Å². The van der Waals surface area contributed by atoms with Crippen molar-refractivity contribution < 1.29 is 9.31 Å². The first-order valence-electron chi connectivity index (χ1n) is 4.80. The lowest BCUT2D eigenvalue weighted by Gasteiger charge is -2.32. The van der Waals surface area contributed by atoms with Crippen LogP contribution in [-0.2, 0) is 9.31 Å². The van der Waals surface area contributed by atoms with E-state index in [0.29, 0.717) is 0 Å². The minimum Gasteiger partial charge on any atom is -0.405 e. The summed E-state index contributed by atoms with van der Waals surface area (Å²) in [6, 6.07) is 0. The van der Waals surface area contributed by atoms with Crippen LogP contribution in [0.1, 0.15) is 27.7 Å². The summed E-state index contributed by atoms with van der Waals surface area (Å²) in [7, 11) is -0.281. The van der Waals surface area contributed by atoms with Crippen molar-refractivity contribution in [3.8, 4) is 0 Å². The van der Waals surface area contributed by atoms with Gasteiger partial charge in [-0.2, -0.15) is 0 Å². The first-order chi connectivity index (χ1) is 6.39. The molecule has 0 aromatic rings. The summed E-state index contributed by atoms with van der Waals surface area (Å²) in [6.07, 6.45) is 5.04. The van der Waals surface area contributed by atoms with Crippen molar-refractivity contribution in [2.24, 2.45) is 5.73 Å². The van der Waals surface area contributed by atoms with Crippen molar-refractivity contribution in [3.63, 3.8) is 0 Å². The van der Waals surface area contributed by atoms with Crippen molar-refractivity contribution in [2.45, 2.75) is 38.9 Å². The van der Waals surface area contributed by atoms with Crippen molar-refractivity contribution in [1.29, 1.82) is 0 Å². The zero-order chi connectivity index (χ0) is 10.8. The fraction of sp³-hybridized carbons (Fsp3) is 0.600. The van der Waals surface area contributed by atoms with Crippen LogP contribution in [0.5, 0.6) is 0 Å². The predicted octanol–water partition coefficient (Wildman–Crippen LogP) is 1.65. The maximum Gasteiger partial charge on any atom is 0.487 e. The van der Waals surface area contributed by atoms with Gasteiger partial charge in [0.2, 0.25) is 0 Å². The molecule has 1 fully saturated rings. The van der Waals surface area contributed by atoms with E-state index >= 15 is 0 Å². The Balaban J connectivity index is 2.64. The summed E-state index contributed by atoms with van der Waals surface area (Å²) in [6.45, 7) is 8.11. The molecule has 1 saturated heterocycles. The molecule has 0 amide bonds. The Morgan fingerprint density at radius 3 is 1.93 bits per heavy atom. The number of hydrogen-bond donors (Lipinski definition) is 1. The smallest absolute Gasteiger partial charge is 0.405 e. The number of rotatable bonds is 2. The lowest BCUT2D eigenvalue weighted by molar-refractivity contribution is 0.00578. The van der Waals surface area contributed by atoms with Crippen LogP contribution in [0.15, 0.2) is 24.3 Å². The first-order valence-corrected chi connectivity index (χ1v) is 4.80. The van der Waals surface area contributed by atoms with Gasteiger partial charge in [-0.3, -0.25) is 0 Å². The molecule has 0 saturated carbocycles. The van der Waals surface area contributed by atoms with Gasteiger partial charge in [0.15, 0.2) is 0 Å². The van der Waals surface area contributed by atoms with Gasteiger partial charge in [0.1, 0.15) is 0 Å². The molecule has 0 atom stereocenters. The summed E-state index contributed by atoms with van der Waals surface area (Å²) in [5.41, 5.74) is 4.67. The Hall–Kier alpha value is -0.735. The third kappa shape index (κ3) is 2.19. The van der Waals surface area contributed by atoms with E-state index in [4.69, 9.17) is 15.0 Å². The average molecular weight is 195 g/mol. The minimum absolute atomic E-state index is 0.269. The Kier molecular flexibility index (Phi) is 3.07. The van der Waals surface area contributed by atoms with Crippen LogP contribution < -0.4 is 5.73 Å². The van der Waals surface area contributed by atoms with E-state index in [1.54, 1.807) is 6.08 Å². The predicted molar refractivity (Wildman–Crippen MR) is 58.5 cm³/mol. The van der Waals surface area contributed by atoms with Gasteiger partial charge in [-0.25, -0.2) is 0 Å². The van der Waals surface area contributed by atoms with Gasteiger partial charge < -0.3 is 15.0 Å². The zero-order valence-electron chi connectivity index (χ0n) is 9.28. The van der Waals surface area contributed by atoms with Crippen LogP contribution >= 0.6 is 0 Å². The second kappa shape index (κ2) is 3.79. The van der Waals surface area contributed by atoms with E-state index in [2.05, 4.69) is 0 Å². The molecule has 0 unspecified atom stereocenters. The second-order valence-corrected chi connectivity index (χ2v) is 4.39. The van der Waals surface area contributed by atoms with E-state index in [9.17, 15) is 0 Å². The highest BCUT2D eigenvalue weighted by atomic mass is 16.7. The van der Waals surface area contributed by atoms with E-state index in [-0.39, 0.29) is 18.3 Å². The molecule has 4 heteroatoms. The number of hydrogen-bond acceptors (Lipinski definition) is 3. The van der Waals surface area contributed by atoms with Crippen LogP contribution in [0.3, 0.4) is 0 Å². The average Bonchev–Trinajstić information content (AvgIpc) is 2.21. The first kappa shape index (κ1) is 11.3. The maximum absolute atomic E-state index is 5.73. The van der Waals surface area contributed by atoms with Crippen LogP contribution in [0.4, 0.5) is 0 Å². The van der Waals surface area contributed by atoms with Crippen LogP contribution in [0, 0.1) is 0 Å². The van der Waals surface area contributed by atoms with Gasteiger partial charge in [0.25, 0.3) is 0 Å². The molecule has 78 valence electrons. The highest BCUT2D eigenvalue weighted by Gasteiger charge is 2.49. The van der Waals surface area contributed by atoms with E-state index in [1.807, 2.05) is 39.7 Å². The Bertz CT molecular complexity index is 243. The number of allylic oxidation sites excluding steroid dienone is 2. The van der Waals surface area contributed by atoms with Gasteiger partial charge >= 0.3 is 7.12 Å². The third-order valence-corrected chi connectivity index (χ3v) is 2.76. The van der Waals surface area contributed by atoms with E-state index in [1.165, 1.54) is 6.20 Å². The molecule has 0 radical (unpaired) electrons. The van der Waals surface area contributed by atoms with Crippen molar-refractivity contribution in [2.75, 3.05) is 0 Å². The maximum atomic E-state index is 5.73. The fourth-order valence-corrected chi connectivity index (χ4v) is 1.19. The molecular weight excluding hydrogens is 177 g/mol. The Labute approximate surface area is 86.1 Å². The van der Waals surface area contributed by atoms with Gasteiger partial charge in [0, 0.05) is 0 Å². The molecule has 14 heavy (non-hydrogen) atoms. The molecule has 0 aliphatic carbocycles. The molecule has 3 nitrogen and oxygen atoms in total. The lowest BCUT2D eigenvalue weighted by atomic mass is 9.90. The van der Waals surface area contributed by atoms with Crippen molar-refractivity contribution in [1.82, 2.24) is 0 Å². The van der Waals surface area contributed by atoms with Gasteiger partial charge in [0.05, 0.1) is 11.2 Å². The Morgan fingerprint density at radius 1 is 1.00 bits per heavy atom. The SMILES string of the molecule is CC1(C)OB(C=CC=CN)OC1(C)C. The minimum atomic E-state index is -0.281. The molecule has 0 bridgehead atoms. The molecular formula is C10H18BNO2. The van der Waals surface area contributed by atoms with Gasteiger partial charge in [-0.1, -0.05) is 12.1 Å². The van der Waals surface area contributed by atoms with Crippen LogP contribution in [-0.4, -0.2) is 18.3 Å². The molecule has 1 rings (SSSR count). The normalized spacial score (nSPS) is 25.3. The van der Waals surface area contributed by atoms with E-state index < -0.39 is 0 Å². The highest BCUT2D eigenvalue weighted by Crippen LogP contribution is 2.36. The van der Waals surface area contributed by atoms with Gasteiger partial charge in [-0.05, 0) is 40.0 Å². The van der Waals surface area contributed by atoms with E-state index in [0.717, 1.165) is 0 Å². The highest BCUT2D eigenvalue weighted by molar-refractivity contribution is 6.51. The quantitative estimate of drug-likeness (QED) is 0.538. The summed E-state index contributed by atoms with van der Waals surface area (Å²) in [4.78, 5) is 0. The summed E-state index contributed by atoms with van der Waals surface area (Å²) < 4.78 is 11.5. The van der Waals surface area contributed by atoms with Gasteiger partial charge in [-0.15, -0.1) is 0 Å². The van der Waals surface area contributed by atoms with Crippen LogP contribution in [0.25, 0.3) is 0 Å². The molecule has 0 aromatic carbocycles. The third-order valence-electron chi connectivity index (χ3n) is 2.76. The fourth-order valence-electron chi connectivity index (χ4n) is 1.19. The summed E-state index contributed by atoms with van der Waals surface area (Å²) >= 11 is 0. The standard InChI is InChI=1S/C10H18BNO2/c1-9(2)10(3,4)14-11(13-9)7-5-6-8-12/h5-8H,12H2,1-4H3. The zero-order valence-corrected chi connectivity index (χ0v) is 9.28.